The number of hydrogen-bond acceptors (Lipinski definition) is 4. The number of methoxy groups -OCH3 is 1. The number of amides is 1. The van der Waals surface area contributed by atoms with Gasteiger partial charge in [0.1, 0.15) is 17.2 Å². The van der Waals surface area contributed by atoms with E-state index in [-0.39, 0.29) is 11.9 Å². The summed E-state index contributed by atoms with van der Waals surface area (Å²) in [4.78, 5) is 11.9. The molecule has 1 aromatic heterocycles. The number of ether oxygens (including phenoxy) is 1. The second-order valence-electron chi connectivity index (χ2n) is 4.85. The third-order valence-electron chi connectivity index (χ3n) is 3.54. The minimum absolute atomic E-state index is 0.104. The van der Waals surface area contributed by atoms with Gasteiger partial charge in [-0.3, -0.25) is 4.79 Å². The highest BCUT2D eigenvalue weighted by Gasteiger charge is 2.33. The number of carbonyl (C=O) groups is 1. The fourth-order valence-corrected chi connectivity index (χ4v) is 2.58. The lowest BCUT2D eigenvalue weighted by atomic mass is 10.00. The van der Waals surface area contributed by atoms with Crippen molar-refractivity contribution in [2.24, 2.45) is 5.10 Å². The quantitative estimate of drug-likeness (QED) is 0.870. The van der Waals surface area contributed by atoms with E-state index >= 15 is 0 Å². The Kier molecular flexibility index (Phi) is 3.48. The van der Waals surface area contributed by atoms with E-state index in [4.69, 9.17) is 9.15 Å². The highest BCUT2D eigenvalue weighted by Crippen LogP contribution is 2.37. The van der Waals surface area contributed by atoms with Crippen LogP contribution in [0.15, 0.2) is 52.2 Å². The van der Waals surface area contributed by atoms with Gasteiger partial charge < -0.3 is 9.15 Å². The van der Waals surface area contributed by atoms with Crippen molar-refractivity contribution in [2.75, 3.05) is 7.11 Å². The Morgan fingerprint density at radius 1 is 1.33 bits per heavy atom. The van der Waals surface area contributed by atoms with Crippen LogP contribution < -0.4 is 4.74 Å². The van der Waals surface area contributed by atoms with Gasteiger partial charge in [-0.1, -0.05) is 18.2 Å². The number of benzene rings is 1. The Bertz CT molecular complexity index is 677. The molecule has 2 aromatic rings. The lowest BCUT2D eigenvalue weighted by Gasteiger charge is -2.22. The number of rotatable bonds is 3. The lowest BCUT2D eigenvalue weighted by Crippen LogP contribution is -2.24. The summed E-state index contributed by atoms with van der Waals surface area (Å²) in [6.07, 6.45) is 2.21. The molecular formula is C16H16N2O3. The van der Waals surface area contributed by atoms with Gasteiger partial charge in [0.05, 0.1) is 19.4 Å². The molecule has 5 heteroatoms. The maximum absolute atomic E-state index is 11.9. The second-order valence-corrected chi connectivity index (χ2v) is 4.85. The van der Waals surface area contributed by atoms with E-state index in [1.165, 1.54) is 11.9 Å². The number of hydrogen-bond donors (Lipinski definition) is 0. The van der Waals surface area contributed by atoms with Crippen LogP contribution in [-0.2, 0) is 4.79 Å². The highest BCUT2D eigenvalue weighted by atomic mass is 16.5. The smallest absolute Gasteiger partial charge is 0.240 e. The Hall–Kier alpha value is -2.56. The molecule has 0 bridgehead atoms. The summed E-state index contributed by atoms with van der Waals surface area (Å²) in [5.41, 5.74) is 1.71. The molecule has 1 aromatic carbocycles. The van der Waals surface area contributed by atoms with Gasteiger partial charge in [0.15, 0.2) is 0 Å². The second kappa shape index (κ2) is 5.44. The molecule has 1 atom stereocenters. The van der Waals surface area contributed by atoms with Gasteiger partial charge in [-0.25, -0.2) is 5.01 Å². The van der Waals surface area contributed by atoms with Crippen molar-refractivity contribution in [1.82, 2.24) is 5.01 Å². The fourth-order valence-electron chi connectivity index (χ4n) is 2.58. The van der Waals surface area contributed by atoms with Crippen LogP contribution in [0.2, 0.25) is 0 Å². The zero-order valence-electron chi connectivity index (χ0n) is 11.9. The molecule has 0 radical (unpaired) electrons. The molecule has 2 heterocycles. The SMILES string of the molecule is COc1ccccc1[C@@H]1CC(c2ccco2)=NN1C(C)=O. The van der Waals surface area contributed by atoms with Crippen LogP contribution in [0.4, 0.5) is 0 Å². The molecule has 1 aliphatic rings. The van der Waals surface area contributed by atoms with E-state index in [9.17, 15) is 4.79 Å². The van der Waals surface area contributed by atoms with Crippen molar-refractivity contribution >= 4 is 11.6 Å². The molecule has 1 aliphatic heterocycles. The van der Waals surface area contributed by atoms with Crippen LogP contribution in [0.3, 0.4) is 0 Å². The first-order valence-electron chi connectivity index (χ1n) is 6.74. The molecule has 0 spiro atoms. The minimum atomic E-state index is -0.168. The molecule has 108 valence electrons. The summed E-state index contributed by atoms with van der Waals surface area (Å²) in [7, 11) is 1.63. The minimum Gasteiger partial charge on any atom is -0.496 e. The average molecular weight is 284 g/mol. The topological polar surface area (TPSA) is 55.0 Å². The summed E-state index contributed by atoms with van der Waals surface area (Å²) in [5.74, 6) is 1.34. The maximum Gasteiger partial charge on any atom is 0.240 e. The number of nitrogens with zero attached hydrogens (tertiary/aromatic N) is 2. The zero-order chi connectivity index (χ0) is 14.8. The van der Waals surface area contributed by atoms with Gasteiger partial charge >= 0.3 is 0 Å². The van der Waals surface area contributed by atoms with Crippen molar-refractivity contribution in [3.8, 4) is 5.75 Å². The van der Waals surface area contributed by atoms with E-state index in [1.54, 1.807) is 13.4 Å². The summed E-state index contributed by atoms with van der Waals surface area (Å²) in [6, 6.07) is 11.2. The van der Waals surface area contributed by atoms with Crippen LogP contribution in [0.25, 0.3) is 0 Å². The molecule has 0 aliphatic carbocycles. The monoisotopic (exact) mass is 284 g/mol. The predicted octanol–water partition coefficient (Wildman–Crippen LogP) is 2.99. The lowest BCUT2D eigenvalue weighted by molar-refractivity contribution is -0.130. The van der Waals surface area contributed by atoms with Gasteiger partial charge in [0.25, 0.3) is 0 Å². The molecule has 1 amide bonds. The van der Waals surface area contributed by atoms with Crippen LogP contribution >= 0.6 is 0 Å². The van der Waals surface area contributed by atoms with Crippen LogP contribution in [0.1, 0.15) is 30.7 Å². The first-order chi connectivity index (χ1) is 10.2. The van der Waals surface area contributed by atoms with E-state index in [0.717, 1.165) is 17.0 Å². The van der Waals surface area contributed by atoms with Crippen molar-refractivity contribution in [1.29, 1.82) is 0 Å². The number of furan rings is 1. The molecule has 0 saturated heterocycles. The van der Waals surface area contributed by atoms with Gasteiger partial charge in [-0.05, 0) is 18.2 Å². The summed E-state index contributed by atoms with van der Waals surface area (Å²) >= 11 is 0. The molecule has 3 rings (SSSR count). The van der Waals surface area contributed by atoms with Gasteiger partial charge in [-0.2, -0.15) is 5.10 Å². The van der Waals surface area contributed by atoms with Gasteiger partial charge in [0, 0.05) is 18.9 Å². The molecule has 0 unspecified atom stereocenters. The Morgan fingerprint density at radius 3 is 2.81 bits per heavy atom. The maximum atomic E-state index is 11.9. The van der Waals surface area contributed by atoms with Crippen molar-refractivity contribution in [2.45, 2.75) is 19.4 Å². The van der Waals surface area contributed by atoms with E-state index in [0.29, 0.717) is 12.2 Å². The Labute approximate surface area is 122 Å². The van der Waals surface area contributed by atoms with Gasteiger partial charge in [-0.15, -0.1) is 0 Å². The number of hydrazone groups is 1. The first kappa shape index (κ1) is 13.4. The molecule has 5 nitrogen and oxygen atoms in total. The molecule has 0 saturated carbocycles. The van der Waals surface area contributed by atoms with Crippen LogP contribution in [0.5, 0.6) is 5.75 Å². The van der Waals surface area contributed by atoms with Crippen molar-refractivity contribution in [3.63, 3.8) is 0 Å². The fraction of sp³-hybridized carbons (Fsp3) is 0.250. The van der Waals surface area contributed by atoms with Crippen LogP contribution in [0, 0.1) is 0 Å². The first-order valence-corrected chi connectivity index (χ1v) is 6.74. The molecular weight excluding hydrogens is 268 g/mol. The van der Waals surface area contributed by atoms with Crippen LogP contribution in [-0.4, -0.2) is 23.7 Å². The molecule has 0 N–H and O–H groups in total. The van der Waals surface area contributed by atoms with Gasteiger partial charge in [0.2, 0.25) is 5.91 Å². The van der Waals surface area contributed by atoms with E-state index in [2.05, 4.69) is 5.10 Å². The van der Waals surface area contributed by atoms with Crippen molar-refractivity contribution < 1.29 is 13.9 Å². The summed E-state index contributed by atoms with van der Waals surface area (Å²) in [6.45, 7) is 1.51. The van der Waals surface area contributed by atoms with Crippen molar-refractivity contribution in [3.05, 3.63) is 54.0 Å². The highest BCUT2D eigenvalue weighted by molar-refractivity contribution is 6.01. The average Bonchev–Trinajstić information content (AvgIpc) is 3.16. The predicted molar refractivity (Wildman–Crippen MR) is 78.1 cm³/mol. The summed E-state index contributed by atoms with van der Waals surface area (Å²) in [5, 5.41) is 5.91. The summed E-state index contributed by atoms with van der Waals surface area (Å²) < 4.78 is 10.8. The zero-order valence-corrected chi connectivity index (χ0v) is 11.9. The van der Waals surface area contributed by atoms with E-state index in [1.807, 2.05) is 36.4 Å². The standard InChI is InChI=1S/C16H16N2O3/c1-11(19)18-14(12-6-3-4-7-15(12)20-2)10-13(17-18)16-8-5-9-21-16/h3-9,14H,10H2,1-2H3/t14-/m0/s1. The number of para-hydroxylation sites is 1. The molecule has 0 fully saturated rings. The Balaban J connectivity index is 1.98. The third kappa shape index (κ3) is 2.42. The number of carbonyl (C=O) groups excluding carboxylic acids is 1. The third-order valence-corrected chi connectivity index (χ3v) is 3.54. The van der Waals surface area contributed by atoms with E-state index < -0.39 is 0 Å². The Morgan fingerprint density at radius 2 is 2.14 bits per heavy atom. The largest absolute Gasteiger partial charge is 0.496 e. The normalized spacial score (nSPS) is 17.7. The molecule has 21 heavy (non-hydrogen) atoms.